The van der Waals surface area contributed by atoms with Crippen molar-refractivity contribution in [1.29, 1.82) is 0 Å². The minimum absolute atomic E-state index is 0.0928. The van der Waals surface area contributed by atoms with Crippen molar-refractivity contribution in [2.75, 3.05) is 19.6 Å². The predicted octanol–water partition coefficient (Wildman–Crippen LogP) is 2.90. The first-order chi connectivity index (χ1) is 9.33. The molecular formula is C16H20N2O. The number of hydrogen-bond acceptors (Lipinski definition) is 1. The molecule has 3 nitrogen and oxygen atoms in total. The van der Waals surface area contributed by atoms with E-state index in [1.54, 1.807) is 0 Å². The van der Waals surface area contributed by atoms with Gasteiger partial charge in [-0.1, -0.05) is 36.4 Å². The van der Waals surface area contributed by atoms with Crippen LogP contribution in [-0.2, 0) is 0 Å². The third-order valence-corrected chi connectivity index (χ3v) is 3.88. The highest BCUT2D eigenvalue weighted by atomic mass is 16.2. The molecule has 0 unspecified atom stereocenters. The van der Waals surface area contributed by atoms with Crippen LogP contribution in [0, 0.1) is 5.92 Å². The van der Waals surface area contributed by atoms with Crippen molar-refractivity contribution < 1.29 is 4.79 Å². The molecule has 1 heterocycles. The summed E-state index contributed by atoms with van der Waals surface area (Å²) >= 11 is 0. The lowest BCUT2D eigenvalue weighted by atomic mass is 10.00. The molecule has 2 amide bonds. The van der Waals surface area contributed by atoms with Gasteiger partial charge in [-0.15, -0.1) is 0 Å². The van der Waals surface area contributed by atoms with Gasteiger partial charge in [0.2, 0.25) is 0 Å². The zero-order valence-electron chi connectivity index (χ0n) is 11.1. The SMILES string of the molecule is O=C(NCC1CC1)N1CC=C(c2ccccc2)CC1. The molecule has 0 saturated heterocycles. The fraction of sp³-hybridized carbons (Fsp3) is 0.438. The van der Waals surface area contributed by atoms with Crippen LogP contribution >= 0.6 is 0 Å². The van der Waals surface area contributed by atoms with Crippen LogP contribution in [0.15, 0.2) is 36.4 Å². The molecule has 1 fully saturated rings. The van der Waals surface area contributed by atoms with Crippen LogP contribution in [0.2, 0.25) is 0 Å². The number of benzene rings is 1. The molecule has 0 spiro atoms. The number of nitrogens with zero attached hydrogens (tertiary/aromatic N) is 1. The smallest absolute Gasteiger partial charge is 0.317 e. The van der Waals surface area contributed by atoms with Crippen molar-refractivity contribution in [2.24, 2.45) is 5.92 Å². The van der Waals surface area contributed by atoms with Gasteiger partial charge in [0.05, 0.1) is 0 Å². The second kappa shape index (κ2) is 5.47. The van der Waals surface area contributed by atoms with Crippen LogP contribution in [0.5, 0.6) is 0 Å². The van der Waals surface area contributed by atoms with E-state index in [0.717, 1.165) is 32.0 Å². The second-order valence-corrected chi connectivity index (χ2v) is 5.42. The molecule has 1 aromatic rings. The summed E-state index contributed by atoms with van der Waals surface area (Å²) in [6, 6.07) is 10.5. The summed E-state index contributed by atoms with van der Waals surface area (Å²) in [5.74, 6) is 0.740. The van der Waals surface area contributed by atoms with Gasteiger partial charge in [-0.25, -0.2) is 4.79 Å². The summed E-state index contributed by atoms with van der Waals surface area (Å²) in [5.41, 5.74) is 2.63. The average Bonchev–Trinajstić information content (AvgIpc) is 3.30. The molecule has 3 rings (SSSR count). The highest BCUT2D eigenvalue weighted by Crippen LogP contribution is 2.27. The van der Waals surface area contributed by atoms with Crippen molar-refractivity contribution in [3.8, 4) is 0 Å². The standard InChI is InChI=1S/C16H20N2O/c19-16(17-12-13-6-7-13)18-10-8-15(9-11-18)14-4-2-1-3-5-14/h1-5,8,13H,6-7,9-12H2,(H,17,19). The van der Waals surface area contributed by atoms with Crippen LogP contribution in [0.4, 0.5) is 4.79 Å². The monoisotopic (exact) mass is 256 g/mol. The Balaban J connectivity index is 1.55. The van der Waals surface area contributed by atoms with Crippen molar-refractivity contribution >= 4 is 11.6 Å². The Bertz CT molecular complexity index is 477. The Morgan fingerprint density at radius 1 is 1.26 bits per heavy atom. The van der Waals surface area contributed by atoms with Gasteiger partial charge in [0.15, 0.2) is 0 Å². The van der Waals surface area contributed by atoms with Gasteiger partial charge in [0, 0.05) is 19.6 Å². The van der Waals surface area contributed by atoms with Gasteiger partial charge in [-0.3, -0.25) is 0 Å². The lowest BCUT2D eigenvalue weighted by Gasteiger charge is -2.26. The minimum atomic E-state index is 0.0928. The summed E-state index contributed by atoms with van der Waals surface area (Å²) in [7, 11) is 0. The van der Waals surface area contributed by atoms with E-state index in [0.29, 0.717) is 0 Å². The zero-order chi connectivity index (χ0) is 13.1. The number of amides is 2. The molecule has 3 heteroatoms. The van der Waals surface area contributed by atoms with E-state index in [1.807, 2.05) is 11.0 Å². The Morgan fingerprint density at radius 3 is 2.68 bits per heavy atom. The largest absolute Gasteiger partial charge is 0.338 e. The molecule has 1 aliphatic heterocycles. The number of hydrogen-bond donors (Lipinski definition) is 1. The molecule has 0 aromatic heterocycles. The molecule has 19 heavy (non-hydrogen) atoms. The molecule has 1 aromatic carbocycles. The van der Waals surface area contributed by atoms with Crippen molar-refractivity contribution in [2.45, 2.75) is 19.3 Å². The fourth-order valence-corrected chi connectivity index (χ4v) is 2.43. The Hall–Kier alpha value is -1.77. The molecule has 1 aliphatic carbocycles. The Morgan fingerprint density at radius 2 is 2.05 bits per heavy atom. The quantitative estimate of drug-likeness (QED) is 0.886. The lowest BCUT2D eigenvalue weighted by molar-refractivity contribution is 0.202. The van der Waals surface area contributed by atoms with Gasteiger partial charge < -0.3 is 10.2 Å². The van der Waals surface area contributed by atoms with Crippen molar-refractivity contribution in [3.63, 3.8) is 0 Å². The first-order valence-corrected chi connectivity index (χ1v) is 7.10. The van der Waals surface area contributed by atoms with Gasteiger partial charge in [0.1, 0.15) is 0 Å². The van der Waals surface area contributed by atoms with Gasteiger partial charge in [-0.05, 0) is 36.3 Å². The van der Waals surface area contributed by atoms with E-state index in [-0.39, 0.29) is 6.03 Å². The molecule has 0 radical (unpaired) electrons. The van der Waals surface area contributed by atoms with Gasteiger partial charge >= 0.3 is 6.03 Å². The second-order valence-electron chi connectivity index (χ2n) is 5.42. The van der Waals surface area contributed by atoms with E-state index < -0.39 is 0 Å². The lowest BCUT2D eigenvalue weighted by Crippen LogP contribution is -2.42. The predicted molar refractivity (Wildman–Crippen MR) is 76.7 cm³/mol. The van der Waals surface area contributed by atoms with Crippen LogP contribution in [-0.4, -0.2) is 30.6 Å². The van der Waals surface area contributed by atoms with Gasteiger partial charge in [-0.2, -0.15) is 0 Å². The van der Waals surface area contributed by atoms with Crippen LogP contribution in [0.1, 0.15) is 24.8 Å². The van der Waals surface area contributed by atoms with E-state index in [1.165, 1.54) is 24.0 Å². The fourth-order valence-electron chi connectivity index (χ4n) is 2.43. The maximum absolute atomic E-state index is 12.0. The maximum Gasteiger partial charge on any atom is 0.317 e. The first kappa shape index (κ1) is 12.3. The third kappa shape index (κ3) is 3.16. The molecule has 0 atom stereocenters. The number of nitrogens with one attached hydrogen (secondary N) is 1. The summed E-state index contributed by atoms with van der Waals surface area (Å²) < 4.78 is 0. The number of urea groups is 1. The summed E-state index contributed by atoms with van der Waals surface area (Å²) in [5, 5.41) is 3.03. The summed E-state index contributed by atoms with van der Waals surface area (Å²) in [6.07, 6.45) is 5.67. The Kier molecular flexibility index (Phi) is 3.53. The highest BCUT2D eigenvalue weighted by Gasteiger charge is 2.23. The number of carbonyl (C=O) groups is 1. The maximum atomic E-state index is 12.0. The van der Waals surface area contributed by atoms with Gasteiger partial charge in [0.25, 0.3) is 0 Å². The van der Waals surface area contributed by atoms with Crippen LogP contribution in [0.3, 0.4) is 0 Å². The third-order valence-electron chi connectivity index (χ3n) is 3.88. The first-order valence-electron chi connectivity index (χ1n) is 7.10. The number of carbonyl (C=O) groups excluding carboxylic acids is 1. The number of rotatable bonds is 3. The van der Waals surface area contributed by atoms with E-state index in [4.69, 9.17) is 0 Å². The minimum Gasteiger partial charge on any atom is -0.338 e. The molecule has 1 saturated carbocycles. The average molecular weight is 256 g/mol. The Labute approximate surface area is 114 Å². The topological polar surface area (TPSA) is 32.3 Å². The summed E-state index contributed by atoms with van der Waals surface area (Å²) in [6.45, 7) is 2.39. The molecule has 100 valence electrons. The van der Waals surface area contributed by atoms with E-state index in [9.17, 15) is 4.79 Å². The van der Waals surface area contributed by atoms with Crippen LogP contribution in [0.25, 0.3) is 5.57 Å². The van der Waals surface area contributed by atoms with Crippen molar-refractivity contribution in [3.05, 3.63) is 42.0 Å². The zero-order valence-corrected chi connectivity index (χ0v) is 11.1. The normalized spacial score (nSPS) is 18.9. The van der Waals surface area contributed by atoms with E-state index in [2.05, 4.69) is 35.7 Å². The summed E-state index contributed by atoms with van der Waals surface area (Å²) in [4.78, 5) is 13.9. The van der Waals surface area contributed by atoms with E-state index >= 15 is 0 Å². The molecule has 1 N–H and O–H groups in total. The molecular weight excluding hydrogens is 236 g/mol. The van der Waals surface area contributed by atoms with Crippen molar-refractivity contribution in [1.82, 2.24) is 10.2 Å². The molecule has 2 aliphatic rings. The highest BCUT2D eigenvalue weighted by molar-refractivity contribution is 5.76. The van der Waals surface area contributed by atoms with Crippen LogP contribution < -0.4 is 5.32 Å². The molecule has 0 bridgehead atoms.